The number of para-hydroxylation sites is 1. The fourth-order valence-corrected chi connectivity index (χ4v) is 3.17. The van der Waals surface area contributed by atoms with E-state index in [-0.39, 0.29) is 27.0 Å². The van der Waals surface area contributed by atoms with Crippen LogP contribution >= 0.6 is 25.1 Å². The van der Waals surface area contributed by atoms with Crippen LogP contribution in [-0.4, -0.2) is 29.4 Å². The molecule has 0 unspecified atom stereocenters. The molecule has 0 saturated heterocycles. The molecule has 0 aliphatic rings. The van der Waals surface area contributed by atoms with Gasteiger partial charge in [-0.25, -0.2) is 0 Å². The largest absolute Gasteiger partial charge is 0.389 e. The third-order valence-corrected chi connectivity index (χ3v) is 4.28. The van der Waals surface area contributed by atoms with Gasteiger partial charge in [-0.15, -0.1) is 0 Å². The number of halogens is 1. The second-order valence-corrected chi connectivity index (χ2v) is 5.78. The highest BCUT2D eigenvalue weighted by Gasteiger charge is 2.25. The summed E-state index contributed by atoms with van der Waals surface area (Å²) >= 11 is 6.39. The van der Waals surface area contributed by atoms with Crippen LogP contribution in [0, 0.1) is 0 Å². The highest BCUT2D eigenvalue weighted by atomic mass is 35.5. The first-order valence-electron chi connectivity index (χ1n) is 7.35. The topological polar surface area (TPSA) is 37.2 Å². The molecule has 5 heteroatoms. The Bertz CT molecular complexity index is 775. The molecule has 0 bridgehead atoms. The summed E-state index contributed by atoms with van der Waals surface area (Å²) in [4.78, 5) is 0. The van der Waals surface area contributed by atoms with Crippen LogP contribution in [0.1, 0.15) is 19.0 Å². The number of rotatable bonds is 5. The standard InChI is InChI=1S/C18H19ClN2O.CH4.H2S/c1-20-12-17(22)18(14-7-3-4-8-15(14)19)21-11-10-13-6-2-5-9-16(13)21;;/h2-11,17-18,20,22H,12H2,1H3;1H4;1H2/t17-,18+;;/m1../s1. The normalized spacial score (nSPS) is 13.0. The van der Waals surface area contributed by atoms with Gasteiger partial charge in [0.1, 0.15) is 0 Å². The third-order valence-electron chi connectivity index (χ3n) is 3.93. The van der Waals surface area contributed by atoms with Gasteiger partial charge >= 0.3 is 0 Å². The van der Waals surface area contributed by atoms with Crippen LogP contribution in [0.25, 0.3) is 10.9 Å². The van der Waals surface area contributed by atoms with Gasteiger partial charge in [0, 0.05) is 23.3 Å². The van der Waals surface area contributed by atoms with Crippen molar-refractivity contribution in [2.75, 3.05) is 13.6 Å². The van der Waals surface area contributed by atoms with Crippen molar-refractivity contribution in [3.05, 3.63) is 71.4 Å². The minimum absolute atomic E-state index is 0. The average molecular weight is 365 g/mol. The van der Waals surface area contributed by atoms with Crippen molar-refractivity contribution in [1.29, 1.82) is 0 Å². The predicted octanol–water partition coefficient (Wildman–Crippen LogP) is 4.21. The number of nitrogens with zero attached hydrogens (tertiary/aromatic N) is 1. The van der Waals surface area contributed by atoms with Gasteiger partial charge in [-0.1, -0.05) is 55.4 Å². The van der Waals surface area contributed by atoms with Gasteiger partial charge in [-0.05, 0) is 36.2 Å². The summed E-state index contributed by atoms with van der Waals surface area (Å²) in [5.41, 5.74) is 2.01. The van der Waals surface area contributed by atoms with Crippen molar-refractivity contribution >= 4 is 36.0 Å². The van der Waals surface area contributed by atoms with E-state index in [0.717, 1.165) is 16.5 Å². The smallest absolute Gasteiger partial charge is 0.0913 e. The van der Waals surface area contributed by atoms with Crippen molar-refractivity contribution < 1.29 is 5.11 Å². The zero-order chi connectivity index (χ0) is 15.5. The lowest BCUT2D eigenvalue weighted by Crippen LogP contribution is -2.33. The number of nitrogens with one attached hydrogen (secondary N) is 1. The number of aliphatic hydroxyl groups is 1. The van der Waals surface area contributed by atoms with Gasteiger partial charge in [0.2, 0.25) is 0 Å². The Labute approximate surface area is 155 Å². The number of aliphatic hydroxyl groups excluding tert-OH is 1. The van der Waals surface area contributed by atoms with E-state index in [1.807, 2.05) is 49.6 Å². The summed E-state index contributed by atoms with van der Waals surface area (Å²) in [6, 6.07) is 17.7. The predicted molar refractivity (Wildman–Crippen MR) is 109 cm³/mol. The van der Waals surface area contributed by atoms with Crippen molar-refractivity contribution in [2.45, 2.75) is 19.6 Å². The molecule has 2 N–H and O–H groups in total. The van der Waals surface area contributed by atoms with Crippen LogP contribution in [0.15, 0.2) is 60.8 Å². The van der Waals surface area contributed by atoms with Gasteiger partial charge < -0.3 is 15.0 Å². The maximum absolute atomic E-state index is 10.7. The molecule has 2 atom stereocenters. The number of hydrogen-bond donors (Lipinski definition) is 2. The minimum Gasteiger partial charge on any atom is -0.389 e. The zero-order valence-electron chi connectivity index (χ0n) is 12.9. The van der Waals surface area contributed by atoms with Gasteiger partial charge in [0.05, 0.1) is 12.1 Å². The summed E-state index contributed by atoms with van der Waals surface area (Å²) in [5, 5.41) is 15.5. The highest BCUT2D eigenvalue weighted by molar-refractivity contribution is 7.59. The summed E-state index contributed by atoms with van der Waals surface area (Å²) in [7, 11) is 1.83. The van der Waals surface area contributed by atoms with E-state index in [4.69, 9.17) is 11.6 Å². The van der Waals surface area contributed by atoms with Gasteiger partial charge in [-0.2, -0.15) is 13.5 Å². The fourth-order valence-electron chi connectivity index (χ4n) is 2.93. The lowest BCUT2D eigenvalue weighted by Gasteiger charge is -2.27. The molecule has 3 rings (SSSR count). The molecule has 1 heterocycles. The number of aromatic nitrogens is 1. The van der Waals surface area contributed by atoms with E-state index < -0.39 is 6.10 Å². The zero-order valence-corrected chi connectivity index (χ0v) is 14.7. The van der Waals surface area contributed by atoms with Gasteiger partial charge in [0.15, 0.2) is 0 Å². The summed E-state index contributed by atoms with van der Waals surface area (Å²) < 4.78 is 2.10. The van der Waals surface area contributed by atoms with E-state index in [2.05, 4.69) is 28.1 Å². The summed E-state index contributed by atoms with van der Waals surface area (Å²) in [6.45, 7) is 0.488. The second-order valence-electron chi connectivity index (χ2n) is 5.37. The maximum atomic E-state index is 10.7. The molecule has 0 amide bonds. The molecule has 1 aromatic heterocycles. The summed E-state index contributed by atoms with van der Waals surface area (Å²) in [5.74, 6) is 0. The Morgan fingerprint density at radius 2 is 1.75 bits per heavy atom. The van der Waals surface area contributed by atoms with Crippen LogP contribution in [0.2, 0.25) is 5.02 Å². The lowest BCUT2D eigenvalue weighted by atomic mass is 10.0. The molecule has 3 nitrogen and oxygen atoms in total. The molecule has 0 aliphatic heterocycles. The molecule has 2 aromatic carbocycles. The van der Waals surface area contributed by atoms with Crippen LogP contribution in [0.4, 0.5) is 0 Å². The quantitative estimate of drug-likeness (QED) is 0.711. The second kappa shape index (κ2) is 9.14. The SMILES string of the molecule is C.CNC[C@@H](O)[C@H](c1ccccc1Cl)n1ccc2ccccc21.S. The van der Waals surface area contributed by atoms with Crippen molar-refractivity contribution in [3.8, 4) is 0 Å². The molecule has 3 aromatic rings. The summed E-state index contributed by atoms with van der Waals surface area (Å²) in [6.07, 6.45) is 1.43. The Balaban J connectivity index is 0.00000144. The first kappa shape index (κ1) is 20.6. The van der Waals surface area contributed by atoms with E-state index in [1.165, 1.54) is 0 Å². The van der Waals surface area contributed by atoms with Crippen molar-refractivity contribution in [1.82, 2.24) is 9.88 Å². The first-order chi connectivity index (χ1) is 10.7. The van der Waals surface area contributed by atoms with Crippen molar-refractivity contribution in [3.63, 3.8) is 0 Å². The number of fused-ring (bicyclic) bond motifs is 1. The molecule has 130 valence electrons. The molecule has 0 saturated carbocycles. The lowest BCUT2D eigenvalue weighted by molar-refractivity contribution is 0.132. The fraction of sp³-hybridized carbons (Fsp3) is 0.263. The highest BCUT2D eigenvalue weighted by Crippen LogP contribution is 2.31. The monoisotopic (exact) mass is 364 g/mol. The van der Waals surface area contributed by atoms with Crippen LogP contribution in [-0.2, 0) is 0 Å². The van der Waals surface area contributed by atoms with Crippen LogP contribution < -0.4 is 5.32 Å². The molecule has 0 spiro atoms. The average Bonchev–Trinajstić information content (AvgIpc) is 2.94. The number of benzene rings is 2. The van der Waals surface area contributed by atoms with E-state index in [1.54, 1.807) is 0 Å². The molecule has 0 aliphatic carbocycles. The van der Waals surface area contributed by atoms with Gasteiger partial charge in [-0.3, -0.25) is 0 Å². The molecular formula is C19H25ClN2OS. The maximum Gasteiger partial charge on any atom is 0.0913 e. The van der Waals surface area contributed by atoms with E-state index in [9.17, 15) is 5.11 Å². The van der Waals surface area contributed by atoms with Gasteiger partial charge in [0.25, 0.3) is 0 Å². The van der Waals surface area contributed by atoms with E-state index in [0.29, 0.717) is 11.6 Å². The number of likely N-dealkylation sites (N-methyl/N-ethyl adjacent to an activating group) is 1. The van der Waals surface area contributed by atoms with Crippen molar-refractivity contribution in [2.24, 2.45) is 0 Å². The Kier molecular flexibility index (Phi) is 7.84. The Morgan fingerprint density at radius 3 is 2.46 bits per heavy atom. The molecule has 0 fully saturated rings. The Hall–Kier alpha value is -1.46. The first-order valence-corrected chi connectivity index (χ1v) is 7.73. The number of hydrogen-bond acceptors (Lipinski definition) is 2. The van der Waals surface area contributed by atoms with Crippen LogP contribution in [0.3, 0.4) is 0 Å². The van der Waals surface area contributed by atoms with E-state index >= 15 is 0 Å². The molecule has 0 radical (unpaired) electrons. The molecule has 24 heavy (non-hydrogen) atoms. The third kappa shape index (κ3) is 3.95. The Morgan fingerprint density at radius 1 is 1.08 bits per heavy atom. The minimum atomic E-state index is -0.583. The van der Waals surface area contributed by atoms with Crippen LogP contribution in [0.5, 0.6) is 0 Å². The molecular weight excluding hydrogens is 340 g/mol.